The Morgan fingerprint density at radius 3 is 2.80 bits per heavy atom. The fourth-order valence-electron chi connectivity index (χ4n) is 3.62. The second-order valence-corrected chi connectivity index (χ2v) is 9.36. The van der Waals surface area contributed by atoms with Crippen LogP contribution in [0.3, 0.4) is 0 Å². The molecule has 0 bridgehead atoms. The molecule has 13 nitrogen and oxygen atoms in total. The number of nitrogens with zero attached hydrogens (tertiary/aromatic N) is 5. The number of pyridine rings is 1. The number of carboxylic acids is 1. The van der Waals surface area contributed by atoms with Crippen molar-refractivity contribution in [2.45, 2.75) is 24.8 Å². The number of aromatic nitrogens is 3. The largest absolute Gasteiger partial charge is 0.477 e. The molecule has 0 spiro atoms. The molecule has 2 aliphatic rings. The number of rotatable bonds is 8. The second kappa shape index (κ2) is 9.42. The van der Waals surface area contributed by atoms with Gasteiger partial charge in [-0.25, -0.2) is 4.79 Å². The molecule has 182 valence electrons. The van der Waals surface area contributed by atoms with Gasteiger partial charge in [0.25, 0.3) is 11.8 Å². The zero-order valence-electron chi connectivity index (χ0n) is 18.4. The third-order valence-corrected chi connectivity index (χ3v) is 7.23. The van der Waals surface area contributed by atoms with Crippen LogP contribution in [0.1, 0.15) is 30.0 Å². The van der Waals surface area contributed by atoms with Crippen LogP contribution in [0.2, 0.25) is 0 Å². The van der Waals surface area contributed by atoms with Gasteiger partial charge >= 0.3 is 5.97 Å². The lowest BCUT2D eigenvalue weighted by Gasteiger charge is -2.55. The maximum Gasteiger partial charge on any atom is 0.353 e. The number of carbonyl (C=O) groups is 4. The summed E-state index contributed by atoms with van der Waals surface area (Å²) in [4.78, 5) is 65.1. The average molecular weight is 518 g/mol. The number of anilines is 1. The SMILES string of the molecule is CCON=C(C(=O)NC1(C)C(=O)N2C(C(=O)O)=C(C(=O)c3cccnc3)CS[C@H]21)c1nsc(N)n1. The Kier molecular flexibility index (Phi) is 6.53. The molecule has 15 heteroatoms. The lowest BCUT2D eigenvalue weighted by molar-refractivity contribution is -0.157. The summed E-state index contributed by atoms with van der Waals surface area (Å²) in [6.45, 7) is 3.30. The number of Topliss-reactive ketones (excluding diaryl/α,β-unsaturated/α-hetero) is 1. The van der Waals surface area contributed by atoms with E-state index in [0.717, 1.165) is 28.2 Å². The number of hydrogen-bond donors (Lipinski definition) is 3. The van der Waals surface area contributed by atoms with Gasteiger partial charge in [0.2, 0.25) is 11.5 Å². The quantitative estimate of drug-likeness (QED) is 0.188. The first kappa shape index (κ1) is 24.3. The van der Waals surface area contributed by atoms with Crippen molar-refractivity contribution in [1.82, 2.24) is 24.6 Å². The fourth-order valence-corrected chi connectivity index (χ4v) is 5.49. The molecule has 2 amide bonds. The Balaban J connectivity index is 1.62. The van der Waals surface area contributed by atoms with E-state index in [9.17, 15) is 24.3 Å². The van der Waals surface area contributed by atoms with E-state index >= 15 is 0 Å². The lowest BCUT2D eigenvalue weighted by Crippen LogP contribution is -2.79. The molecule has 4 rings (SSSR count). The number of carbonyl (C=O) groups excluding carboxylic acids is 3. The summed E-state index contributed by atoms with van der Waals surface area (Å²) in [5.41, 5.74) is 3.59. The Morgan fingerprint density at radius 2 is 2.20 bits per heavy atom. The monoisotopic (exact) mass is 517 g/mol. The Hall–Kier alpha value is -3.85. The maximum atomic E-state index is 13.2. The van der Waals surface area contributed by atoms with Gasteiger partial charge in [-0.1, -0.05) is 5.16 Å². The van der Waals surface area contributed by atoms with Crippen LogP contribution in [0, 0.1) is 0 Å². The van der Waals surface area contributed by atoms with Crippen molar-refractivity contribution in [1.29, 1.82) is 0 Å². The van der Waals surface area contributed by atoms with Crippen molar-refractivity contribution >= 4 is 57.7 Å². The van der Waals surface area contributed by atoms with Gasteiger partial charge in [-0.05, 0) is 26.0 Å². The van der Waals surface area contributed by atoms with E-state index in [1.165, 1.54) is 25.4 Å². The van der Waals surface area contributed by atoms with E-state index in [-0.39, 0.29) is 40.2 Å². The Morgan fingerprint density at radius 1 is 1.43 bits per heavy atom. The number of aliphatic carboxylic acids is 1. The molecule has 35 heavy (non-hydrogen) atoms. The molecule has 1 saturated heterocycles. The first-order valence-electron chi connectivity index (χ1n) is 10.2. The standard InChI is InChI=1S/C20H19N7O6S2/c1-3-33-25-11(14-23-19(21)35-26-14)15(29)24-20(2)17(32)27-12(16(30)31)10(8-34-18(20)27)13(28)9-5-4-6-22-7-9/h4-7,18H,3,8H2,1-2H3,(H,24,29)(H,30,31)(H2,21,23,26)/t18-,20?/m0/s1. The average Bonchev–Trinajstić information content (AvgIpc) is 3.28. The van der Waals surface area contributed by atoms with E-state index in [4.69, 9.17) is 10.6 Å². The third-order valence-electron chi connectivity index (χ3n) is 5.23. The van der Waals surface area contributed by atoms with E-state index in [1.807, 2.05) is 0 Å². The number of nitrogens with two attached hydrogens (primary N) is 1. The van der Waals surface area contributed by atoms with E-state index in [1.54, 1.807) is 13.0 Å². The van der Waals surface area contributed by atoms with Gasteiger partial charge in [0.15, 0.2) is 10.9 Å². The van der Waals surface area contributed by atoms with Crippen molar-refractivity contribution in [3.05, 3.63) is 47.2 Å². The van der Waals surface area contributed by atoms with Crippen LogP contribution in [-0.2, 0) is 19.2 Å². The third kappa shape index (κ3) is 4.23. The summed E-state index contributed by atoms with van der Waals surface area (Å²) in [7, 11) is 0. The van der Waals surface area contributed by atoms with Crippen LogP contribution in [0.5, 0.6) is 0 Å². The van der Waals surface area contributed by atoms with Gasteiger partial charge in [0, 0.05) is 40.8 Å². The number of oxime groups is 1. The van der Waals surface area contributed by atoms with Crippen molar-refractivity contribution in [2.24, 2.45) is 5.16 Å². The Labute approximate surface area is 206 Å². The van der Waals surface area contributed by atoms with E-state index in [2.05, 4.69) is 24.8 Å². The van der Waals surface area contributed by atoms with Crippen molar-refractivity contribution in [2.75, 3.05) is 18.1 Å². The van der Waals surface area contributed by atoms with Crippen molar-refractivity contribution in [3.8, 4) is 0 Å². The summed E-state index contributed by atoms with van der Waals surface area (Å²) in [6, 6.07) is 3.07. The molecule has 2 aromatic heterocycles. The summed E-state index contributed by atoms with van der Waals surface area (Å²) in [5, 5.41) is 15.5. The van der Waals surface area contributed by atoms with Crippen LogP contribution in [0.25, 0.3) is 0 Å². The lowest BCUT2D eigenvalue weighted by atomic mass is 9.87. The van der Waals surface area contributed by atoms with Gasteiger partial charge in [-0.3, -0.25) is 24.3 Å². The molecule has 0 saturated carbocycles. The molecule has 2 aromatic rings. The minimum absolute atomic E-state index is 0.0132. The number of thioether (sulfide) groups is 1. The van der Waals surface area contributed by atoms with Gasteiger partial charge in [-0.15, -0.1) is 11.8 Å². The highest BCUT2D eigenvalue weighted by Crippen LogP contribution is 2.46. The highest BCUT2D eigenvalue weighted by atomic mass is 32.2. The van der Waals surface area contributed by atoms with Crippen molar-refractivity contribution in [3.63, 3.8) is 0 Å². The topological polar surface area (TPSA) is 190 Å². The zero-order valence-corrected chi connectivity index (χ0v) is 20.1. The van der Waals surface area contributed by atoms with Gasteiger partial charge < -0.3 is 21.0 Å². The highest BCUT2D eigenvalue weighted by Gasteiger charge is 2.63. The first-order chi connectivity index (χ1) is 16.7. The molecule has 0 aromatic carbocycles. The fraction of sp³-hybridized carbons (Fsp3) is 0.300. The molecule has 0 aliphatic carbocycles. The number of nitrogens with one attached hydrogen (secondary N) is 1. The number of nitrogen functional groups attached to an aromatic ring is 1. The number of amides is 2. The maximum absolute atomic E-state index is 13.2. The molecule has 2 atom stereocenters. The van der Waals surface area contributed by atoms with E-state index in [0.29, 0.717) is 0 Å². The highest BCUT2D eigenvalue weighted by molar-refractivity contribution is 8.00. The zero-order chi connectivity index (χ0) is 25.3. The predicted octanol–water partition coefficient (Wildman–Crippen LogP) is 0.268. The molecule has 4 heterocycles. The number of carboxylic acid groups (broad SMARTS) is 1. The van der Waals surface area contributed by atoms with Crippen LogP contribution in [0.4, 0.5) is 5.13 Å². The summed E-state index contributed by atoms with van der Waals surface area (Å²) in [5.74, 6) is -3.52. The minimum atomic E-state index is -1.49. The first-order valence-corrected chi connectivity index (χ1v) is 12.0. The predicted molar refractivity (Wildman–Crippen MR) is 125 cm³/mol. The molecule has 2 aliphatic heterocycles. The number of β-lactam (4-membered cyclic amide) rings is 1. The number of ketones is 1. The van der Waals surface area contributed by atoms with Crippen LogP contribution in [-0.4, -0.2) is 76.9 Å². The van der Waals surface area contributed by atoms with Crippen molar-refractivity contribution < 1.29 is 29.1 Å². The molecule has 4 N–H and O–H groups in total. The smallest absolute Gasteiger partial charge is 0.353 e. The molecule has 1 fully saturated rings. The van der Waals surface area contributed by atoms with Crippen LogP contribution >= 0.6 is 23.3 Å². The van der Waals surface area contributed by atoms with Gasteiger partial charge in [0.05, 0.1) is 0 Å². The molecular formula is C20H19N7O6S2. The molecule has 1 unspecified atom stereocenters. The Bertz CT molecular complexity index is 1280. The number of fused-ring (bicyclic) bond motifs is 1. The molecule has 0 radical (unpaired) electrons. The van der Waals surface area contributed by atoms with Gasteiger partial charge in [0.1, 0.15) is 23.2 Å². The second-order valence-electron chi connectivity index (χ2n) is 7.51. The van der Waals surface area contributed by atoms with E-state index < -0.39 is 40.2 Å². The molecular weight excluding hydrogens is 498 g/mol. The number of hydrogen-bond acceptors (Lipinski definition) is 12. The summed E-state index contributed by atoms with van der Waals surface area (Å²) in [6.07, 6.45) is 2.81. The van der Waals surface area contributed by atoms with Gasteiger partial charge in [-0.2, -0.15) is 9.36 Å². The summed E-state index contributed by atoms with van der Waals surface area (Å²) < 4.78 is 3.96. The normalized spacial score (nSPS) is 21.8. The minimum Gasteiger partial charge on any atom is -0.477 e. The summed E-state index contributed by atoms with van der Waals surface area (Å²) >= 11 is 2.01. The van der Waals surface area contributed by atoms with Crippen LogP contribution in [0.15, 0.2) is 41.0 Å². The van der Waals surface area contributed by atoms with Crippen LogP contribution < -0.4 is 11.1 Å².